The second-order valence-corrected chi connectivity index (χ2v) is 6.00. The third kappa shape index (κ3) is 3.79. The van der Waals surface area contributed by atoms with Crippen LogP contribution in [0.15, 0.2) is 34.7 Å². The Bertz CT molecular complexity index is 530. The predicted octanol–water partition coefficient (Wildman–Crippen LogP) is 3.85. The molecule has 0 amide bonds. The Labute approximate surface area is 133 Å². The molecule has 1 N–H and O–H groups in total. The van der Waals surface area contributed by atoms with E-state index in [-0.39, 0.29) is 12.4 Å². The van der Waals surface area contributed by atoms with Crippen molar-refractivity contribution in [2.45, 2.75) is 25.8 Å². The van der Waals surface area contributed by atoms with Crippen LogP contribution in [-0.2, 0) is 0 Å². The van der Waals surface area contributed by atoms with Gasteiger partial charge in [0.1, 0.15) is 11.3 Å². The van der Waals surface area contributed by atoms with E-state index in [0.29, 0.717) is 6.04 Å². The number of para-hydroxylation sites is 1. The van der Waals surface area contributed by atoms with Crippen molar-refractivity contribution in [1.29, 1.82) is 0 Å². The highest BCUT2D eigenvalue weighted by Crippen LogP contribution is 2.27. The number of hydrogen-bond acceptors (Lipinski definition) is 3. The Hall–Kier alpha value is -1.03. The van der Waals surface area contributed by atoms with Gasteiger partial charge in [-0.05, 0) is 58.0 Å². The van der Waals surface area contributed by atoms with Gasteiger partial charge in [0.25, 0.3) is 0 Å². The molecule has 2 aromatic rings. The van der Waals surface area contributed by atoms with E-state index >= 15 is 0 Å². The highest BCUT2D eigenvalue weighted by Gasteiger charge is 2.21. The molecule has 0 spiro atoms. The van der Waals surface area contributed by atoms with E-state index in [9.17, 15) is 0 Å². The van der Waals surface area contributed by atoms with Crippen molar-refractivity contribution < 1.29 is 4.42 Å². The zero-order valence-corrected chi connectivity index (χ0v) is 13.7. The average molecular weight is 309 g/mol. The number of benzene rings is 1. The SMILES string of the molecule is CC(c1cc2ccccc2o1)N(C)CC1CCNCC1.Cl. The number of halogens is 1. The lowest BCUT2D eigenvalue weighted by atomic mass is 9.97. The van der Waals surface area contributed by atoms with Crippen LogP contribution in [0.25, 0.3) is 11.0 Å². The Morgan fingerprint density at radius 1 is 1.29 bits per heavy atom. The Kier molecular flexibility index (Phi) is 5.68. The standard InChI is InChI=1S/C17H24N2O.ClH/c1-13(19(2)12-14-7-9-18-10-8-14)17-11-15-5-3-4-6-16(15)20-17;/h3-6,11,13-14,18H,7-10,12H2,1-2H3;1H. The van der Waals surface area contributed by atoms with Crippen molar-refractivity contribution in [2.75, 3.05) is 26.7 Å². The number of nitrogens with one attached hydrogen (secondary N) is 1. The van der Waals surface area contributed by atoms with Gasteiger partial charge in [0.15, 0.2) is 0 Å². The monoisotopic (exact) mass is 308 g/mol. The largest absolute Gasteiger partial charge is 0.459 e. The summed E-state index contributed by atoms with van der Waals surface area (Å²) in [4.78, 5) is 2.42. The van der Waals surface area contributed by atoms with E-state index in [2.05, 4.69) is 42.4 Å². The van der Waals surface area contributed by atoms with E-state index < -0.39 is 0 Å². The maximum absolute atomic E-state index is 5.99. The molecule has 2 heterocycles. The molecule has 0 bridgehead atoms. The van der Waals surface area contributed by atoms with Gasteiger partial charge in [-0.25, -0.2) is 0 Å². The third-order valence-electron chi connectivity index (χ3n) is 4.52. The highest BCUT2D eigenvalue weighted by atomic mass is 35.5. The lowest BCUT2D eigenvalue weighted by molar-refractivity contribution is 0.181. The molecule has 4 heteroatoms. The maximum Gasteiger partial charge on any atom is 0.134 e. The lowest BCUT2D eigenvalue weighted by Crippen LogP contribution is -2.35. The van der Waals surface area contributed by atoms with Crippen LogP contribution in [0.5, 0.6) is 0 Å². The molecule has 0 aliphatic carbocycles. The number of hydrogen-bond donors (Lipinski definition) is 1. The van der Waals surface area contributed by atoms with Gasteiger partial charge in [0.2, 0.25) is 0 Å². The van der Waals surface area contributed by atoms with Crippen LogP contribution < -0.4 is 5.32 Å². The molecule has 0 saturated carbocycles. The number of rotatable bonds is 4. The number of furan rings is 1. The highest BCUT2D eigenvalue weighted by molar-refractivity contribution is 5.85. The Morgan fingerprint density at radius 2 is 2.00 bits per heavy atom. The molecule has 1 aliphatic heterocycles. The lowest BCUT2D eigenvalue weighted by Gasteiger charge is -2.30. The molecule has 1 fully saturated rings. The first-order valence-electron chi connectivity index (χ1n) is 7.63. The summed E-state index contributed by atoms with van der Waals surface area (Å²) in [5.41, 5.74) is 0.990. The smallest absolute Gasteiger partial charge is 0.134 e. The summed E-state index contributed by atoms with van der Waals surface area (Å²) in [6.45, 7) is 5.72. The summed E-state index contributed by atoms with van der Waals surface area (Å²) in [5, 5.41) is 4.63. The fourth-order valence-corrected chi connectivity index (χ4v) is 3.06. The van der Waals surface area contributed by atoms with Crippen LogP contribution in [0.1, 0.15) is 31.6 Å². The van der Waals surface area contributed by atoms with E-state index in [4.69, 9.17) is 4.42 Å². The van der Waals surface area contributed by atoms with E-state index in [1.54, 1.807) is 0 Å². The first-order chi connectivity index (χ1) is 9.74. The summed E-state index contributed by atoms with van der Waals surface area (Å²) in [6.07, 6.45) is 2.58. The average Bonchev–Trinajstić information content (AvgIpc) is 2.91. The zero-order chi connectivity index (χ0) is 13.9. The number of fused-ring (bicyclic) bond motifs is 1. The summed E-state index contributed by atoms with van der Waals surface area (Å²) >= 11 is 0. The first-order valence-corrected chi connectivity index (χ1v) is 7.63. The van der Waals surface area contributed by atoms with Crippen molar-refractivity contribution in [3.05, 3.63) is 36.1 Å². The van der Waals surface area contributed by atoms with Gasteiger partial charge in [-0.3, -0.25) is 4.90 Å². The van der Waals surface area contributed by atoms with Gasteiger partial charge in [0, 0.05) is 11.9 Å². The molecular formula is C17H25ClN2O. The van der Waals surface area contributed by atoms with E-state index in [1.807, 2.05) is 12.1 Å². The quantitative estimate of drug-likeness (QED) is 0.930. The van der Waals surface area contributed by atoms with Crippen molar-refractivity contribution in [3.8, 4) is 0 Å². The molecule has 21 heavy (non-hydrogen) atoms. The minimum atomic E-state index is 0. The second kappa shape index (κ2) is 7.30. The normalized spacial score (nSPS) is 17.9. The van der Waals surface area contributed by atoms with Crippen LogP contribution in [0.3, 0.4) is 0 Å². The molecule has 1 saturated heterocycles. The number of piperidine rings is 1. The molecule has 1 aromatic carbocycles. The van der Waals surface area contributed by atoms with E-state index in [0.717, 1.165) is 36.9 Å². The van der Waals surface area contributed by atoms with Crippen LogP contribution in [-0.4, -0.2) is 31.6 Å². The molecule has 1 aromatic heterocycles. The first kappa shape index (κ1) is 16.3. The molecular weight excluding hydrogens is 284 g/mol. The van der Waals surface area contributed by atoms with Crippen molar-refractivity contribution >= 4 is 23.4 Å². The Morgan fingerprint density at radius 3 is 2.71 bits per heavy atom. The van der Waals surface area contributed by atoms with Crippen molar-refractivity contribution in [1.82, 2.24) is 10.2 Å². The van der Waals surface area contributed by atoms with Gasteiger partial charge in [-0.15, -0.1) is 12.4 Å². The molecule has 1 atom stereocenters. The molecule has 116 valence electrons. The zero-order valence-electron chi connectivity index (χ0n) is 12.8. The van der Waals surface area contributed by atoms with Crippen LogP contribution in [0.2, 0.25) is 0 Å². The molecule has 3 rings (SSSR count). The minimum absolute atomic E-state index is 0. The van der Waals surface area contributed by atoms with Gasteiger partial charge in [-0.1, -0.05) is 18.2 Å². The summed E-state index contributed by atoms with van der Waals surface area (Å²) in [5.74, 6) is 1.88. The van der Waals surface area contributed by atoms with Gasteiger partial charge >= 0.3 is 0 Å². The molecule has 3 nitrogen and oxygen atoms in total. The summed E-state index contributed by atoms with van der Waals surface area (Å²) in [7, 11) is 2.21. The number of nitrogens with zero attached hydrogens (tertiary/aromatic N) is 1. The van der Waals surface area contributed by atoms with Crippen LogP contribution >= 0.6 is 12.4 Å². The topological polar surface area (TPSA) is 28.4 Å². The van der Waals surface area contributed by atoms with Gasteiger partial charge in [-0.2, -0.15) is 0 Å². The van der Waals surface area contributed by atoms with Crippen LogP contribution in [0, 0.1) is 5.92 Å². The van der Waals surface area contributed by atoms with Crippen LogP contribution in [0.4, 0.5) is 0 Å². The molecule has 1 unspecified atom stereocenters. The predicted molar refractivity (Wildman–Crippen MR) is 90.1 cm³/mol. The minimum Gasteiger partial charge on any atom is -0.459 e. The third-order valence-corrected chi connectivity index (χ3v) is 4.52. The summed E-state index contributed by atoms with van der Waals surface area (Å²) in [6, 6.07) is 10.8. The second-order valence-electron chi connectivity index (χ2n) is 6.00. The van der Waals surface area contributed by atoms with Gasteiger partial charge < -0.3 is 9.73 Å². The van der Waals surface area contributed by atoms with Crippen molar-refractivity contribution in [3.63, 3.8) is 0 Å². The van der Waals surface area contributed by atoms with Crippen molar-refractivity contribution in [2.24, 2.45) is 5.92 Å². The fourth-order valence-electron chi connectivity index (χ4n) is 3.06. The molecule has 0 radical (unpaired) electrons. The maximum atomic E-state index is 5.99. The molecule has 1 aliphatic rings. The fraction of sp³-hybridized carbons (Fsp3) is 0.529. The summed E-state index contributed by atoms with van der Waals surface area (Å²) < 4.78 is 5.99. The van der Waals surface area contributed by atoms with E-state index in [1.165, 1.54) is 18.2 Å². The van der Waals surface area contributed by atoms with Gasteiger partial charge in [0.05, 0.1) is 6.04 Å². The Balaban J connectivity index is 0.00000161.